The van der Waals surface area contributed by atoms with Gasteiger partial charge in [0, 0.05) is 5.39 Å². The summed E-state index contributed by atoms with van der Waals surface area (Å²) in [6, 6.07) is 9.57. The van der Waals surface area contributed by atoms with Crippen LogP contribution in [0.25, 0.3) is 10.9 Å². The van der Waals surface area contributed by atoms with Crippen molar-refractivity contribution in [3.63, 3.8) is 0 Å². The quantitative estimate of drug-likeness (QED) is 0.643. The number of anilines is 1. The SMILES string of the molecule is N#CC(C#N)=NNc1ccc2ncc(F)cc2c1. The summed E-state index contributed by atoms with van der Waals surface area (Å²) < 4.78 is 13.0. The van der Waals surface area contributed by atoms with Gasteiger partial charge in [0.25, 0.3) is 0 Å². The van der Waals surface area contributed by atoms with Crippen molar-refractivity contribution < 1.29 is 4.39 Å². The van der Waals surface area contributed by atoms with Gasteiger partial charge in [-0.2, -0.15) is 15.6 Å². The molecule has 0 aliphatic heterocycles. The first-order valence-electron chi connectivity index (χ1n) is 4.92. The van der Waals surface area contributed by atoms with Crippen LogP contribution in [0.3, 0.4) is 0 Å². The molecular weight excluding hydrogens is 233 g/mol. The number of nitriles is 2. The van der Waals surface area contributed by atoms with Crippen LogP contribution in [0.2, 0.25) is 0 Å². The first-order valence-corrected chi connectivity index (χ1v) is 4.92. The summed E-state index contributed by atoms with van der Waals surface area (Å²) in [6.07, 6.45) is 1.14. The van der Waals surface area contributed by atoms with Crippen LogP contribution in [-0.4, -0.2) is 10.7 Å². The number of halogens is 1. The van der Waals surface area contributed by atoms with Crippen LogP contribution in [0.1, 0.15) is 0 Å². The van der Waals surface area contributed by atoms with Gasteiger partial charge in [-0.1, -0.05) is 0 Å². The number of nitrogens with one attached hydrogen (secondary N) is 1. The van der Waals surface area contributed by atoms with Gasteiger partial charge >= 0.3 is 0 Å². The molecule has 0 radical (unpaired) electrons. The third-order valence-corrected chi connectivity index (χ3v) is 2.16. The van der Waals surface area contributed by atoms with Crippen LogP contribution >= 0.6 is 0 Å². The van der Waals surface area contributed by atoms with Crippen LogP contribution < -0.4 is 5.43 Å². The Labute approximate surface area is 102 Å². The highest BCUT2D eigenvalue weighted by molar-refractivity contribution is 6.10. The van der Waals surface area contributed by atoms with E-state index in [0.717, 1.165) is 6.20 Å². The lowest BCUT2D eigenvalue weighted by atomic mass is 10.2. The molecule has 0 aliphatic rings. The molecule has 1 heterocycles. The van der Waals surface area contributed by atoms with E-state index in [9.17, 15) is 4.39 Å². The predicted molar refractivity (Wildman–Crippen MR) is 64.0 cm³/mol. The third-order valence-electron chi connectivity index (χ3n) is 2.16. The highest BCUT2D eigenvalue weighted by Crippen LogP contribution is 2.18. The van der Waals surface area contributed by atoms with Gasteiger partial charge < -0.3 is 0 Å². The molecular formula is C12H6FN5. The van der Waals surface area contributed by atoms with Crippen LogP contribution in [0.15, 0.2) is 35.6 Å². The molecule has 86 valence electrons. The summed E-state index contributed by atoms with van der Waals surface area (Å²) in [5.74, 6) is -0.433. The van der Waals surface area contributed by atoms with Crippen molar-refractivity contribution in [3.8, 4) is 12.1 Å². The summed E-state index contributed by atoms with van der Waals surface area (Å²) >= 11 is 0. The minimum absolute atomic E-state index is 0.285. The number of fused-ring (bicyclic) bond motifs is 1. The molecule has 0 bridgehead atoms. The van der Waals surface area contributed by atoms with Crippen molar-refractivity contribution in [2.75, 3.05) is 5.43 Å². The average molecular weight is 239 g/mol. The summed E-state index contributed by atoms with van der Waals surface area (Å²) in [5.41, 5.74) is 3.45. The van der Waals surface area contributed by atoms with E-state index >= 15 is 0 Å². The van der Waals surface area contributed by atoms with Crippen molar-refractivity contribution in [1.29, 1.82) is 10.5 Å². The van der Waals surface area contributed by atoms with E-state index in [4.69, 9.17) is 10.5 Å². The smallest absolute Gasteiger partial charge is 0.237 e. The van der Waals surface area contributed by atoms with E-state index in [0.29, 0.717) is 16.6 Å². The normalized spacial score (nSPS) is 9.28. The molecule has 5 nitrogen and oxygen atoms in total. The van der Waals surface area contributed by atoms with E-state index in [-0.39, 0.29) is 5.71 Å². The highest BCUT2D eigenvalue weighted by atomic mass is 19.1. The Morgan fingerprint density at radius 1 is 1.28 bits per heavy atom. The minimum atomic E-state index is -0.433. The topological polar surface area (TPSA) is 84.9 Å². The van der Waals surface area contributed by atoms with Gasteiger partial charge in [0.05, 0.1) is 17.4 Å². The number of rotatable bonds is 2. The molecule has 0 atom stereocenters. The largest absolute Gasteiger partial charge is 0.276 e. The number of aromatic nitrogens is 1. The predicted octanol–water partition coefficient (Wildman–Crippen LogP) is 2.19. The van der Waals surface area contributed by atoms with Crippen molar-refractivity contribution >= 4 is 22.3 Å². The molecule has 0 saturated heterocycles. The second-order valence-electron chi connectivity index (χ2n) is 3.36. The maximum Gasteiger partial charge on any atom is 0.237 e. The third kappa shape index (κ3) is 2.39. The molecule has 0 aliphatic carbocycles. The van der Waals surface area contributed by atoms with Gasteiger partial charge in [-0.05, 0) is 24.3 Å². The zero-order valence-corrected chi connectivity index (χ0v) is 9.05. The Balaban J connectivity index is 2.34. The Kier molecular flexibility index (Phi) is 3.13. The number of pyridine rings is 1. The fourth-order valence-electron chi connectivity index (χ4n) is 1.37. The fourth-order valence-corrected chi connectivity index (χ4v) is 1.37. The van der Waals surface area contributed by atoms with Crippen molar-refractivity contribution in [2.24, 2.45) is 5.10 Å². The van der Waals surface area contributed by atoms with Crippen molar-refractivity contribution in [2.45, 2.75) is 0 Å². The lowest BCUT2D eigenvalue weighted by molar-refractivity contribution is 0.624. The zero-order valence-electron chi connectivity index (χ0n) is 9.05. The first kappa shape index (κ1) is 11.5. The van der Waals surface area contributed by atoms with E-state index in [1.54, 1.807) is 30.3 Å². The summed E-state index contributed by atoms with van der Waals surface area (Å²) in [7, 11) is 0. The molecule has 0 fully saturated rings. The number of hydrogen-bond acceptors (Lipinski definition) is 5. The van der Waals surface area contributed by atoms with Gasteiger partial charge in [-0.15, -0.1) is 0 Å². The number of nitrogens with zero attached hydrogens (tertiary/aromatic N) is 4. The molecule has 0 spiro atoms. The van der Waals surface area contributed by atoms with E-state index in [2.05, 4.69) is 15.5 Å². The van der Waals surface area contributed by atoms with Crippen LogP contribution in [0, 0.1) is 28.5 Å². The zero-order chi connectivity index (χ0) is 13.0. The fraction of sp³-hybridized carbons (Fsp3) is 0. The van der Waals surface area contributed by atoms with Gasteiger partial charge in [0.1, 0.15) is 18.0 Å². The molecule has 1 N–H and O–H groups in total. The van der Waals surface area contributed by atoms with Crippen LogP contribution in [0.4, 0.5) is 10.1 Å². The Morgan fingerprint density at radius 2 is 2.06 bits per heavy atom. The highest BCUT2D eigenvalue weighted by Gasteiger charge is 1.99. The van der Waals surface area contributed by atoms with Gasteiger partial charge in [-0.3, -0.25) is 10.4 Å². The molecule has 0 saturated carbocycles. The summed E-state index contributed by atoms with van der Waals surface area (Å²) in [4.78, 5) is 3.91. The van der Waals surface area contributed by atoms with E-state index < -0.39 is 5.82 Å². The molecule has 2 aromatic rings. The van der Waals surface area contributed by atoms with Crippen LogP contribution in [-0.2, 0) is 0 Å². The lowest BCUT2D eigenvalue weighted by Gasteiger charge is -2.02. The number of benzene rings is 1. The van der Waals surface area contributed by atoms with Crippen molar-refractivity contribution in [3.05, 3.63) is 36.3 Å². The lowest BCUT2D eigenvalue weighted by Crippen LogP contribution is -1.96. The molecule has 0 unspecified atom stereocenters. The van der Waals surface area contributed by atoms with E-state index in [1.807, 2.05) is 0 Å². The van der Waals surface area contributed by atoms with Gasteiger partial charge in [0.15, 0.2) is 0 Å². The average Bonchev–Trinajstić information content (AvgIpc) is 2.39. The molecule has 18 heavy (non-hydrogen) atoms. The summed E-state index contributed by atoms with van der Waals surface area (Å²) in [6.45, 7) is 0. The second-order valence-corrected chi connectivity index (χ2v) is 3.36. The standard InChI is InChI=1S/C12H6FN5/c13-9-3-8-4-10(1-2-12(8)16-7-9)17-18-11(5-14)6-15/h1-4,7,17H. The number of hydrazone groups is 1. The van der Waals surface area contributed by atoms with Gasteiger partial charge in [0.2, 0.25) is 5.71 Å². The molecule has 1 aromatic carbocycles. The molecule has 2 rings (SSSR count). The Hall–Kier alpha value is -2.99. The molecule has 6 heteroatoms. The second kappa shape index (κ2) is 4.89. The minimum Gasteiger partial charge on any atom is -0.276 e. The number of hydrogen-bond donors (Lipinski definition) is 1. The monoisotopic (exact) mass is 239 g/mol. The molecule has 0 amide bonds. The first-order chi connectivity index (χ1) is 8.72. The van der Waals surface area contributed by atoms with E-state index in [1.165, 1.54) is 6.07 Å². The maximum atomic E-state index is 13.0. The van der Waals surface area contributed by atoms with Crippen molar-refractivity contribution in [1.82, 2.24) is 4.98 Å². The summed E-state index contributed by atoms with van der Waals surface area (Å²) in [5, 5.41) is 21.2. The Morgan fingerprint density at radius 3 is 2.78 bits per heavy atom. The van der Waals surface area contributed by atoms with Crippen LogP contribution in [0.5, 0.6) is 0 Å². The Bertz CT molecular complexity index is 692. The molecule has 1 aromatic heterocycles. The maximum absolute atomic E-state index is 13.0. The van der Waals surface area contributed by atoms with Gasteiger partial charge in [-0.25, -0.2) is 4.39 Å².